The van der Waals surface area contributed by atoms with Crippen molar-refractivity contribution < 1.29 is 0 Å². The van der Waals surface area contributed by atoms with E-state index < -0.39 is 0 Å². The van der Waals surface area contributed by atoms with Crippen molar-refractivity contribution >= 4 is 0 Å². The first-order valence-corrected chi connectivity index (χ1v) is 5.57. The summed E-state index contributed by atoms with van der Waals surface area (Å²) in [6.45, 7) is 1.81. The van der Waals surface area contributed by atoms with Gasteiger partial charge in [0.15, 0.2) is 0 Å². The average Bonchev–Trinajstić information content (AvgIpc) is 2.86. The van der Waals surface area contributed by atoms with E-state index in [-0.39, 0.29) is 6.04 Å². The monoisotopic (exact) mass is 225 g/mol. The van der Waals surface area contributed by atoms with Gasteiger partial charge in [-0.3, -0.25) is 0 Å². The summed E-state index contributed by atoms with van der Waals surface area (Å²) < 4.78 is 1.83. The lowest BCUT2D eigenvalue weighted by molar-refractivity contribution is 0.700. The van der Waals surface area contributed by atoms with Crippen molar-refractivity contribution in [1.29, 1.82) is 0 Å². The molecule has 2 N–H and O–H groups in total. The minimum atomic E-state index is -0.118. The molecule has 0 bridgehead atoms. The van der Waals surface area contributed by atoms with Crippen LogP contribution < -0.4 is 5.73 Å². The van der Waals surface area contributed by atoms with E-state index in [1.165, 1.54) is 0 Å². The van der Waals surface area contributed by atoms with E-state index in [1.54, 1.807) is 0 Å². The van der Waals surface area contributed by atoms with Crippen molar-refractivity contribution in [2.45, 2.75) is 19.4 Å². The van der Waals surface area contributed by atoms with Gasteiger partial charge in [0, 0.05) is 12.6 Å². The highest BCUT2D eigenvalue weighted by Crippen LogP contribution is 2.13. The van der Waals surface area contributed by atoms with Crippen molar-refractivity contribution in [3.8, 4) is 17.5 Å². The zero-order valence-electron chi connectivity index (χ0n) is 9.80. The van der Waals surface area contributed by atoms with Gasteiger partial charge >= 0.3 is 0 Å². The van der Waals surface area contributed by atoms with Crippen molar-refractivity contribution in [1.82, 2.24) is 9.78 Å². The zero-order chi connectivity index (χ0) is 12.1. The summed E-state index contributed by atoms with van der Waals surface area (Å²) in [6.07, 6.45) is 2.56. The number of hydrogen-bond donors (Lipinski definition) is 1. The van der Waals surface area contributed by atoms with Gasteiger partial charge in [-0.25, -0.2) is 4.68 Å². The van der Waals surface area contributed by atoms with Crippen LogP contribution in [0.25, 0.3) is 5.69 Å². The van der Waals surface area contributed by atoms with Crippen LogP contribution >= 0.6 is 0 Å². The van der Waals surface area contributed by atoms with Gasteiger partial charge in [0.1, 0.15) is 0 Å². The summed E-state index contributed by atoms with van der Waals surface area (Å²) >= 11 is 0. The quantitative estimate of drug-likeness (QED) is 0.814. The van der Waals surface area contributed by atoms with E-state index >= 15 is 0 Å². The SMILES string of the molecule is CC#CCC(N)c1ccn(-c2ccccc2)n1. The fraction of sp³-hybridized carbons (Fsp3) is 0.214. The molecule has 2 aromatic rings. The lowest BCUT2D eigenvalue weighted by Gasteiger charge is -2.04. The Labute approximate surface area is 101 Å². The number of nitrogens with two attached hydrogens (primary N) is 1. The van der Waals surface area contributed by atoms with Crippen molar-refractivity contribution in [2.75, 3.05) is 0 Å². The van der Waals surface area contributed by atoms with Gasteiger partial charge in [0.2, 0.25) is 0 Å². The van der Waals surface area contributed by atoms with Gasteiger partial charge in [0.05, 0.1) is 17.4 Å². The maximum Gasteiger partial charge on any atom is 0.0805 e. The normalized spacial score (nSPS) is 11.6. The highest BCUT2D eigenvalue weighted by atomic mass is 15.3. The van der Waals surface area contributed by atoms with Crippen LogP contribution in [0, 0.1) is 11.8 Å². The van der Waals surface area contributed by atoms with Gasteiger partial charge in [0.25, 0.3) is 0 Å². The maximum absolute atomic E-state index is 5.99. The number of hydrogen-bond acceptors (Lipinski definition) is 2. The molecule has 1 aromatic heterocycles. The van der Waals surface area contributed by atoms with Crippen LogP contribution in [-0.4, -0.2) is 9.78 Å². The number of benzene rings is 1. The Morgan fingerprint density at radius 2 is 2.06 bits per heavy atom. The lowest BCUT2D eigenvalue weighted by atomic mass is 10.1. The summed E-state index contributed by atoms with van der Waals surface area (Å²) in [5, 5.41) is 4.46. The largest absolute Gasteiger partial charge is 0.322 e. The minimum Gasteiger partial charge on any atom is -0.322 e. The molecule has 3 nitrogen and oxygen atoms in total. The molecule has 0 aliphatic rings. The van der Waals surface area contributed by atoms with Crippen LogP contribution in [0.4, 0.5) is 0 Å². The smallest absolute Gasteiger partial charge is 0.0805 e. The zero-order valence-corrected chi connectivity index (χ0v) is 9.80. The first-order valence-electron chi connectivity index (χ1n) is 5.57. The second kappa shape index (κ2) is 5.33. The van der Waals surface area contributed by atoms with E-state index in [9.17, 15) is 0 Å². The third kappa shape index (κ3) is 2.74. The predicted molar refractivity (Wildman–Crippen MR) is 68.6 cm³/mol. The molecule has 0 aliphatic heterocycles. The fourth-order valence-electron chi connectivity index (χ4n) is 1.58. The number of rotatable bonds is 3. The van der Waals surface area contributed by atoms with Gasteiger partial charge in [-0.05, 0) is 25.1 Å². The lowest BCUT2D eigenvalue weighted by Crippen LogP contribution is -2.10. The Morgan fingerprint density at radius 3 is 2.76 bits per heavy atom. The molecule has 0 saturated carbocycles. The average molecular weight is 225 g/mol. The Hall–Kier alpha value is -2.05. The Kier molecular flexibility index (Phi) is 3.59. The summed E-state index contributed by atoms with van der Waals surface area (Å²) in [5.74, 6) is 5.81. The van der Waals surface area contributed by atoms with Gasteiger partial charge in [-0.15, -0.1) is 11.8 Å². The molecule has 86 valence electrons. The van der Waals surface area contributed by atoms with Crippen LogP contribution in [-0.2, 0) is 0 Å². The standard InChI is InChI=1S/C14H15N3/c1-2-3-9-13(15)14-10-11-17(16-14)12-7-5-4-6-8-12/h4-8,10-11,13H,9,15H2,1H3. The van der Waals surface area contributed by atoms with Gasteiger partial charge in [-0.2, -0.15) is 5.10 Å². The summed E-state index contributed by atoms with van der Waals surface area (Å²) in [7, 11) is 0. The van der Waals surface area contributed by atoms with Crippen molar-refractivity contribution in [3.05, 3.63) is 48.3 Å². The second-order valence-corrected chi connectivity index (χ2v) is 3.76. The molecule has 0 amide bonds. The first kappa shape index (κ1) is 11.4. The third-order valence-corrected chi connectivity index (χ3v) is 2.51. The molecule has 0 aliphatic carbocycles. The molecule has 1 unspecified atom stereocenters. The third-order valence-electron chi connectivity index (χ3n) is 2.51. The van der Waals surface area contributed by atoms with E-state index in [0.29, 0.717) is 6.42 Å². The van der Waals surface area contributed by atoms with E-state index in [4.69, 9.17) is 5.73 Å². The first-order chi connectivity index (χ1) is 8.31. The molecule has 17 heavy (non-hydrogen) atoms. The summed E-state index contributed by atoms with van der Waals surface area (Å²) in [4.78, 5) is 0. The summed E-state index contributed by atoms with van der Waals surface area (Å²) in [5.41, 5.74) is 7.90. The van der Waals surface area contributed by atoms with Crippen LogP contribution in [0.15, 0.2) is 42.6 Å². The molecule has 2 rings (SSSR count). The molecule has 0 radical (unpaired) electrons. The van der Waals surface area contributed by atoms with E-state index in [1.807, 2.05) is 54.2 Å². The number of aromatic nitrogens is 2. The molecule has 1 atom stereocenters. The van der Waals surface area contributed by atoms with E-state index in [0.717, 1.165) is 11.4 Å². The van der Waals surface area contributed by atoms with Crippen LogP contribution in [0.5, 0.6) is 0 Å². The van der Waals surface area contributed by atoms with Crippen LogP contribution in [0.2, 0.25) is 0 Å². The molecule has 0 saturated heterocycles. The molecule has 1 aromatic carbocycles. The fourth-order valence-corrected chi connectivity index (χ4v) is 1.58. The van der Waals surface area contributed by atoms with Gasteiger partial charge < -0.3 is 5.73 Å². The predicted octanol–water partition coefficient (Wildman–Crippen LogP) is 2.29. The van der Waals surface area contributed by atoms with Crippen LogP contribution in [0.3, 0.4) is 0 Å². The highest BCUT2D eigenvalue weighted by molar-refractivity contribution is 5.30. The molecule has 0 fully saturated rings. The second-order valence-electron chi connectivity index (χ2n) is 3.76. The minimum absolute atomic E-state index is 0.118. The highest BCUT2D eigenvalue weighted by Gasteiger charge is 2.08. The van der Waals surface area contributed by atoms with Gasteiger partial charge in [-0.1, -0.05) is 18.2 Å². The van der Waals surface area contributed by atoms with Crippen LogP contribution in [0.1, 0.15) is 25.1 Å². The topological polar surface area (TPSA) is 43.8 Å². The molecule has 3 heteroatoms. The van der Waals surface area contributed by atoms with E-state index in [2.05, 4.69) is 16.9 Å². The summed E-state index contributed by atoms with van der Waals surface area (Å²) in [6, 6.07) is 11.8. The maximum atomic E-state index is 5.99. The number of para-hydroxylation sites is 1. The molecule has 1 heterocycles. The van der Waals surface area contributed by atoms with Crippen molar-refractivity contribution in [2.24, 2.45) is 5.73 Å². The Morgan fingerprint density at radius 1 is 1.29 bits per heavy atom. The molecular formula is C14H15N3. The number of nitrogens with zero attached hydrogens (tertiary/aromatic N) is 2. The van der Waals surface area contributed by atoms with Crippen molar-refractivity contribution in [3.63, 3.8) is 0 Å². The molecular weight excluding hydrogens is 210 g/mol. The Bertz CT molecular complexity index is 531. The Balaban J connectivity index is 2.18. The molecule has 0 spiro atoms.